The Balaban J connectivity index is 1.69. The summed E-state index contributed by atoms with van der Waals surface area (Å²) >= 11 is 0.887. The number of likely N-dealkylation sites (tertiary alicyclic amines) is 1. The van der Waals surface area contributed by atoms with E-state index in [1.54, 1.807) is 24.3 Å². The molecule has 1 aromatic carbocycles. The van der Waals surface area contributed by atoms with Gasteiger partial charge >= 0.3 is 18.2 Å². The van der Waals surface area contributed by atoms with Crippen LogP contribution >= 0.6 is 11.5 Å². The molecule has 1 aromatic heterocycles. The maximum Gasteiger partial charge on any atom is 0.394 e. The maximum atomic E-state index is 13.0. The van der Waals surface area contributed by atoms with Gasteiger partial charge in [-0.2, -0.15) is 22.5 Å². The van der Waals surface area contributed by atoms with E-state index in [1.165, 1.54) is 0 Å². The molecule has 1 aliphatic heterocycles. The van der Waals surface area contributed by atoms with E-state index in [4.69, 9.17) is 5.11 Å². The van der Waals surface area contributed by atoms with Crippen LogP contribution in [0.25, 0.3) is 11.4 Å². The molecular formula is C15H13F3N4O3S. The van der Waals surface area contributed by atoms with E-state index in [9.17, 15) is 22.8 Å². The summed E-state index contributed by atoms with van der Waals surface area (Å²) in [6.07, 6.45) is -4.69. The molecule has 7 nitrogen and oxygen atoms in total. The zero-order chi connectivity index (χ0) is 18.9. The van der Waals surface area contributed by atoms with E-state index in [2.05, 4.69) is 14.7 Å². The second-order valence-corrected chi connectivity index (χ2v) is 6.47. The summed E-state index contributed by atoms with van der Waals surface area (Å²) < 4.78 is 43.0. The number of carbonyl (C=O) groups is 2. The Morgan fingerprint density at radius 2 is 1.92 bits per heavy atom. The summed E-state index contributed by atoms with van der Waals surface area (Å²) in [6.45, 7) is -1.23. The molecule has 2 N–H and O–H groups in total. The second kappa shape index (κ2) is 6.90. The fourth-order valence-electron chi connectivity index (χ4n) is 2.70. The highest BCUT2D eigenvalue weighted by Crippen LogP contribution is 2.38. The number of urea groups is 1. The van der Waals surface area contributed by atoms with Crippen molar-refractivity contribution in [2.24, 2.45) is 11.8 Å². The number of carbonyl (C=O) groups excluding carboxylic acids is 1. The van der Waals surface area contributed by atoms with Crippen molar-refractivity contribution in [1.82, 2.24) is 14.3 Å². The Labute approximate surface area is 149 Å². The number of benzene rings is 1. The molecule has 2 atom stereocenters. The molecule has 2 aromatic rings. The highest BCUT2D eigenvalue weighted by Gasteiger charge is 2.53. The Bertz CT molecular complexity index is 812. The van der Waals surface area contributed by atoms with Crippen molar-refractivity contribution >= 4 is 28.7 Å². The highest BCUT2D eigenvalue weighted by atomic mass is 32.1. The molecule has 1 fully saturated rings. The first-order valence-corrected chi connectivity index (χ1v) is 8.27. The van der Waals surface area contributed by atoms with E-state index < -0.39 is 43.1 Å². The number of aromatic nitrogens is 2. The van der Waals surface area contributed by atoms with Gasteiger partial charge in [-0.05, 0) is 0 Å². The molecule has 138 valence electrons. The molecular weight excluding hydrogens is 373 g/mol. The van der Waals surface area contributed by atoms with Crippen molar-refractivity contribution in [1.29, 1.82) is 0 Å². The minimum Gasteiger partial charge on any atom is -0.481 e. The molecule has 0 radical (unpaired) electrons. The van der Waals surface area contributed by atoms with E-state index in [0.29, 0.717) is 5.82 Å². The molecule has 26 heavy (non-hydrogen) atoms. The number of alkyl halides is 3. The zero-order valence-electron chi connectivity index (χ0n) is 13.1. The van der Waals surface area contributed by atoms with Gasteiger partial charge in [0.2, 0.25) is 5.13 Å². The van der Waals surface area contributed by atoms with Gasteiger partial charge in [0.1, 0.15) is 0 Å². The number of rotatable bonds is 3. The van der Waals surface area contributed by atoms with Gasteiger partial charge < -0.3 is 10.0 Å². The fraction of sp³-hybridized carbons (Fsp3) is 0.333. The molecule has 0 unspecified atom stereocenters. The average Bonchev–Trinajstić information content (AvgIpc) is 3.22. The minimum atomic E-state index is -4.69. The number of nitrogens with one attached hydrogen (secondary N) is 1. The number of hydrogen-bond acceptors (Lipinski definition) is 5. The van der Waals surface area contributed by atoms with Crippen LogP contribution < -0.4 is 5.32 Å². The predicted molar refractivity (Wildman–Crippen MR) is 86.6 cm³/mol. The van der Waals surface area contributed by atoms with Crippen molar-refractivity contribution in [2.75, 3.05) is 18.4 Å². The third-order valence-electron chi connectivity index (χ3n) is 4.02. The molecule has 11 heteroatoms. The van der Waals surface area contributed by atoms with E-state index in [0.717, 1.165) is 22.0 Å². The van der Waals surface area contributed by atoms with Gasteiger partial charge in [0.05, 0.1) is 11.8 Å². The van der Waals surface area contributed by atoms with Gasteiger partial charge in [0.25, 0.3) is 0 Å². The van der Waals surface area contributed by atoms with Crippen molar-refractivity contribution in [3.05, 3.63) is 30.3 Å². The quantitative estimate of drug-likeness (QED) is 0.846. The van der Waals surface area contributed by atoms with Gasteiger partial charge in [-0.15, -0.1) is 0 Å². The molecule has 2 heterocycles. The van der Waals surface area contributed by atoms with Crippen LogP contribution in [-0.2, 0) is 4.79 Å². The number of nitrogens with zero attached hydrogens (tertiary/aromatic N) is 3. The smallest absolute Gasteiger partial charge is 0.394 e. The Morgan fingerprint density at radius 1 is 1.23 bits per heavy atom. The summed E-state index contributed by atoms with van der Waals surface area (Å²) in [5.74, 6) is -4.98. The lowest BCUT2D eigenvalue weighted by Gasteiger charge is -2.18. The third-order valence-corrected chi connectivity index (χ3v) is 4.65. The maximum absolute atomic E-state index is 13.0. The number of halogens is 3. The van der Waals surface area contributed by atoms with Gasteiger partial charge in [0.15, 0.2) is 5.82 Å². The molecule has 3 rings (SSSR count). The van der Waals surface area contributed by atoms with E-state index >= 15 is 0 Å². The predicted octanol–water partition coefficient (Wildman–Crippen LogP) is 2.93. The standard InChI is InChI=1S/C15H13F3N4O3S/c16-15(17,18)10-7-22(6-9(10)12(23)24)14(25)20-13-19-11(21-26-13)8-4-2-1-3-5-8/h1-5,9-10H,6-7H2,(H,23,24)(H,19,20,21,25)/t9-,10-/m1/s1. The summed E-state index contributed by atoms with van der Waals surface area (Å²) in [5.41, 5.74) is 0.730. The lowest BCUT2D eigenvalue weighted by atomic mass is 9.96. The summed E-state index contributed by atoms with van der Waals surface area (Å²) in [7, 11) is 0. The van der Waals surface area contributed by atoms with Crippen molar-refractivity contribution < 1.29 is 27.9 Å². The zero-order valence-corrected chi connectivity index (χ0v) is 13.9. The number of hydrogen-bond donors (Lipinski definition) is 2. The monoisotopic (exact) mass is 386 g/mol. The highest BCUT2D eigenvalue weighted by molar-refractivity contribution is 7.10. The second-order valence-electron chi connectivity index (χ2n) is 5.72. The number of anilines is 1. The van der Waals surface area contributed by atoms with E-state index in [-0.39, 0.29) is 5.13 Å². The molecule has 2 amide bonds. The number of carboxylic acids is 1. The topological polar surface area (TPSA) is 95.4 Å². The lowest BCUT2D eigenvalue weighted by Crippen LogP contribution is -2.35. The Morgan fingerprint density at radius 3 is 2.50 bits per heavy atom. The Kier molecular flexibility index (Phi) is 4.81. The normalized spacial score (nSPS) is 20.2. The minimum absolute atomic E-state index is 0.121. The molecule has 0 spiro atoms. The average molecular weight is 386 g/mol. The van der Waals surface area contributed by atoms with Crippen LogP contribution in [0.3, 0.4) is 0 Å². The van der Waals surface area contributed by atoms with Crippen molar-refractivity contribution in [3.63, 3.8) is 0 Å². The van der Waals surface area contributed by atoms with Gasteiger partial charge in [-0.1, -0.05) is 30.3 Å². The lowest BCUT2D eigenvalue weighted by molar-refractivity contribution is -0.187. The van der Waals surface area contributed by atoms with Gasteiger partial charge in [-0.3, -0.25) is 10.1 Å². The molecule has 1 aliphatic rings. The molecule has 1 saturated heterocycles. The van der Waals surface area contributed by atoms with Gasteiger partial charge in [-0.25, -0.2) is 4.79 Å². The number of carboxylic acid groups (broad SMARTS) is 1. The first kappa shape index (κ1) is 18.1. The number of amides is 2. The van der Waals surface area contributed by atoms with Crippen LogP contribution in [0.5, 0.6) is 0 Å². The van der Waals surface area contributed by atoms with Crippen LogP contribution in [-0.4, -0.2) is 50.6 Å². The molecule has 0 saturated carbocycles. The van der Waals surface area contributed by atoms with Crippen molar-refractivity contribution in [2.45, 2.75) is 6.18 Å². The number of aliphatic carboxylic acids is 1. The summed E-state index contributed by atoms with van der Waals surface area (Å²) in [5, 5.41) is 11.5. The summed E-state index contributed by atoms with van der Waals surface area (Å²) in [6, 6.07) is 8.13. The fourth-order valence-corrected chi connectivity index (χ4v) is 3.28. The first-order chi connectivity index (χ1) is 12.3. The Hall–Kier alpha value is -2.69. The van der Waals surface area contributed by atoms with Crippen LogP contribution in [0.4, 0.5) is 23.1 Å². The van der Waals surface area contributed by atoms with Crippen molar-refractivity contribution in [3.8, 4) is 11.4 Å². The molecule has 0 aliphatic carbocycles. The van der Waals surface area contributed by atoms with Crippen LogP contribution in [0.1, 0.15) is 0 Å². The third kappa shape index (κ3) is 3.77. The van der Waals surface area contributed by atoms with Crippen LogP contribution in [0, 0.1) is 11.8 Å². The van der Waals surface area contributed by atoms with Crippen LogP contribution in [0.2, 0.25) is 0 Å². The largest absolute Gasteiger partial charge is 0.481 e. The summed E-state index contributed by atoms with van der Waals surface area (Å²) in [4.78, 5) is 28.2. The van der Waals surface area contributed by atoms with Gasteiger partial charge in [0, 0.05) is 30.2 Å². The first-order valence-electron chi connectivity index (χ1n) is 7.50. The molecule has 0 bridgehead atoms. The SMILES string of the molecule is O=C(O)[C@@H]1CN(C(=O)Nc2nc(-c3ccccc3)ns2)C[C@H]1C(F)(F)F. The van der Waals surface area contributed by atoms with Crippen LogP contribution in [0.15, 0.2) is 30.3 Å². The van der Waals surface area contributed by atoms with E-state index in [1.807, 2.05) is 6.07 Å².